The molecule has 126 valence electrons. The van der Waals surface area contributed by atoms with Crippen LogP contribution in [0.25, 0.3) is 6.08 Å². The SMILES string of the molecule is N#CC(=Cc1ccc(O)c(O)c1)C(=O)OCC1OC1c1ccccc1. The van der Waals surface area contributed by atoms with Gasteiger partial charge < -0.3 is 19.7 Å². The third kappa shape index (κ3) is 3.97. The number of phenols is 2. The minimum absolute atomic E-state index is 0.0538. The van der Waals surface area contributed by atoms with E-state index in [1.807, 2.05) is 30.3 Å². The van der Waals surface area contributed by atoms with Crippen LogP contribution in [0.4, 0.5) is 0 Å². The number of esters is 1. The van der Waals surface area contributed by atoms with Crippen LogP contribution in [0.3, 0.4) is 0 Å². The third-order valence-corrected chi connectivity index (χ3v) is 3.74. The number of rotatable bonds is 5. The van der Waals surface area contributed by atoms with E-state index in [-0.39, 0.29) is 35.9 Å². The summed E-state index contributed by atoms with van der Waals surface area (Å²) < 4.78 is 10.6. The predicted molar refractivity (Wildman–Crippen MR) is 88.4 cm³/mol. The molecule has 0 spiro atoms. The number of aromatic hydroxyl groups is 2. The van der Waals surface area contributed by atoms with Gasteiger partial charge >= 0.3 is 5.97 Å². The fourth-order valence-electron chi connectivity index (χ4n) is 2.37. The Hall–Kier alpha value is -3.30. The Morgan fingerprint density at radius 3 is 2.64 bits per heavy atom. The zero-order valence-corrected chi connectivity index (χ0v) is 13.1. The first-order chi connectivity index (χ1) is 12.1. The van der Waals surface area contributed by atoms with Crippen LogP contribution < -0.4 is 0 Å². The van der Waals surface area contributed by atoms with Crippen LogP contribution in [0.5, 0.6) is 11.5 Å². The molecule has 6 nitrogen and oxygen atoms in total. The summed E-state index contributed by atoms with van der Waals surface area (Å²) in [6.07, 6.45) is 0.964. The lowest BCUT2D eigenvalue weighted by Gasteiger charge is -2.03. The molecular formula is C19H15NO5. The van der Waals surface area contributed by atoms with Crippen molar-refractivity contribution in [1.29, 1.82) is 5.26 Å². The second-order valence-electron chi connectivity index (χ2n) is 5.52. The molecular weight excluding hydrogens is 322 g/mol. The van der Waals surface area contributed by atoms with Gasteiger partial charge in [0.05, 0.1) is 0 Å². The molecule has 3 rings (SSSR count). The molecule has 1 saturated heterocycles. The van der Waals surface area contributed by atoms with E-state index in [9.17, 15) is 15.0 Å². The van der Waals surface area contributed by atoms with Gasteiger partial charge in [0.25, 0.3) is 0 Å². The summed E-state index contributed by atoms with van der Waals surface area (Å²) in [5.74, 6) is -1.38. The Morgan fingerprint density at radius 1 is 1.20 bits per heavy atom. The molecule has 0 aliphatic carbocycles. The number of epoxide rings is 1. The summed E-state index contributed by atoms with van der Waals surface area (Å²) >= 11 is 0. The van der Waals surface area contributed by atoms with Crippen LogP contribution in [-0.4, -0.2) is 28.9 Å². The zero-order chi connectivity index (χ0) is 17.8. The maximum Gasteiger partial charge on any atom is 0.348 e. The van der Waals surface area contributed by atoms with E-state index < -0.39 is 5.97 Å². The lowest BCUT2D eigenvalue weighted by molar-refractivity contribution is -0.138. The van der Waals surface area contributed by atoms with Crippen molar-refractivity contribution in [3.8, 4) is 17.6 Å². The number of nitrogens with zero attached hydrogens (tertiary/aromatic N) is 1. The van der Waals surface area contributed by atoms with E-state index in [0.29, 0.717) is 5.56 Å². The molecule has 2 unspecified atom stereocenters. The number of ether oxygens (including phenoxy) is 2. The molecule has 1 aliphatic rings. The van der Waals surface area contributed by atoms with Crippen molar-refractivity contribution in [3.63, 3.8) is 0 Å². The molecule has 2 N–H and O–H groups in total. The van der Waals surface area contributed by atoms with Gasteiger partial charge in [-0.25, -0.2) is 4.79 Å². The van der Waals surface area contributed by atoms with Gasteiger partial charge in [0, 0.05) is 0 Å². The quantitative estimate of drug-likeness (QED) is 0.286. The van der Waals surface area contributed by atoms with Crippen LogP contribution in [0, 0.1) is 11.3 Å². The van der Waals surface area contributed by atoms with Gasteiger partial charge in [0.15, 0.2) is 11.5 Å². The Bertz CT molecular complexity index is 854. The van der Waals surface area contributed by atoms with Gasteiger partial charge in [0.2, 0.25) is 0 Å². The minimum Gasteiger partial charge on any atom is -0.504 e. The van der Waals surface area contributed by atoms with E-state index in [2.05, 4.69) is 0 Å². The molecule has 2 atom stereocenters. The first-order valence-electron chi connectivity index (χ1n) is 7.60. The highest BCUT2D eigenvalue weighted by atomic mass is 16.6. The van der Waals surface area contributed by atoms with Crippen LogP contribution in [0.2, 0.25) is 0 Å². The first-order valence-corrected chi connectivity index (χ1v) is 7.60. The number of hydrogen-bond donors (Lipinski definition) is 2. The summed E-state index contributed by atoms with van der Waals surface area (Å²) in [6, 6.07) is 15.3. The molecule has 1 fully saturated rings. The number of phenolic OH excluding ortho intramolecular Hbond substituents is 2. The first kappa shape index (κ1) is 16.6. The number of carbonyl (C=O) groups excluding carboxylic acids is 1. The van der Waals surface area contributed by atoms with E-state index in [0.717, 1.165) is 5.56 Å². The second kappa shape index (κ2) is 7.07. The predicted octanol–water partition coefficient (Wildman–Crippen LogP) is 2.69. The summed E-state index contributed by atoms with van der Waals surface area (Å²) in [6.45, 7) is 0.0538. The number of carbonyl (C=O) groups is 1. The molecule has 2 aromatic rings. The Kier molecular flexibility index (Phi) is 4.68. The highest BCUT2D eigenvalue weighted by molar-refractivity contribution is 5.98. The summed E-state index contributed by atoms with van der Waals surface area (Å²) in [5.41, 5.74) is 1.20. The highest BCUT2D eigenvalue weighted by Gasteiger charge is 2.41. The lowest BCUT2D eigenvalue weighted by Crippen LogP contribution is -2.11. The summed E-state index contributed by atoms with van der Waals surface area (Å²) in [4.78, 5) is 12.0. The molecule has 25 heavy (non-hydrogen) atoms. The molecule has 0 bridgehead atoms. The van der Waals surface area contributed by atoms with Crippen molar-refractivity contribution in [2.45, 2.75) is 12.2 Å². The molecule has 2 aromatic carbocycles. The molecule has 0 aromatic heterocycles. The lowest BCUT2D eigenvalue weighted by atomic mass is 10.1. The topological polar surface area (TPSA) is 103 Å². The molecule has 0 radical (unpaired) electrons. The van der Waals surface area contributed by atoms with Crippen molar-refractivity contribution in [2.24, 2.45) is 0 Å². The maximum atomic E-state index is 12.0. The largest absolute Gasteiger partial charge is 0.504 e. The van der Waals surface area contributed by atoms with Gasteiger partial charge in [-0.15, -0.1) is 0 Å². The van der Waals surface area contributed by atoms with Crippen LogP contribution in [0.15, 0.2) is 54.1 Å². The summed E-state index contributed by atoms with van der Waals surface area (Å²) in [5, 5.41) is 27.9. The normalized spacial score (nSPS) is 19.1. The van der Waals surface area contributed by atoms with Gasteiger partial charge in [-0.2, -0.15) is 5.26 Å². The standard InChI is InChI=1S/C19H15NO5/c20-10-14(8-12-6-7-15(21)16(22)9-12)19(23)24-11-17-18(25-17)13-4-2-1-3-5-13/h1-9,17-18,21-22H,11H2. The second-order valence-corrected chi connectivity index (χ2v) is 5.52. The Labute approximate surface area is 144 Å². The fourth-order valence-corrected chi connectivity index (χ4v) is 2.37. The van der Waals surface area contributed by atoms with Crippen LogP contribution >= 0.6 is 0 Å². The molecule has 1 heterocycles. The van der Waals surface area contributed by atoms with Gasteiger partial charge in [-0.1, -0.05) is 36.4 Å². The monoisotopic (exact) mass is 337 g/mol. The summed E-state index contributed by atoms with van der Waals surface area (Å²) in [7, 11) is 0. The average Bonchev–Trinajstić information content (AvgIpc) is 3.41. The maximum absolute atomic E-state index is 12.0. The number of nitriles is 1. The Balaban J connectivity index is 1.59. The van der Waals surface area contributed by atoms with E-state index >= 15 is 0 Å². The minimum atomic E-state index is -0.766. The number of benzene rings is 2. The third-order valence-electron chi connectivity index (χ3n) is 3.74. The molecule has 1 aliphatic heterocycles. The highest BCUT2D eigenvalue weighted by Crippen LogP contribution is 2.38. The molecule has 0 saturated carbocycles. The van der Waals surface area contributed by atoms with Crippen molar-refractivity contribution in [1.82, 2.24) is 0 Å². The van der Waals surface area contributed by atoms with Gasteiger partial charge in [-0.3, -0.25) is 0 Å². The Morgan fingerprint density at radius 2 is 1.96 bits per heavy atom. The smallest absolute Gasteiger partial charge is 0.348 e. The zero-order valence-electron chi connectivity index (χ0n) is 13.1. The molecule has 0 amide bonds. The van der Waals surface area contributed by atoms with Gasteiger partial charge in [0.1, 0.15) is 30.5 Å². The van der Waals surface area contributed by atoms with Crippen molar-refractivity contribution in [3.05, 3.63) is 65.2 Å². The van der Waals surface area contributed by atoms with E-state index in [1.54, 1.807) is 6.07 Å². The van der Waals surface area contributed by atoms with Crippen molar-refractivity contribution < 1.29 is 24.5 Å². The van der Waals surface area contributed by atoms with Crippen molar-refractivity contribution in [2.75, 3.05) is 6.61 Å². The average molecular weight is 337 g/mol. The molecule has 6 heteroatoms. The van der Waals surface area contributed by atoms with E-state index in [1.165, 1.54) is 24.3 Å². The van der Waals surface area contributed by atoms with Crippen LogP contribution in [-0.2, 0) is 14.3 Å². The van der Waals surface area contributed by atoms with Crippen molar-refractivity contribution >= 4 is 12.0 Å². The number of hydrogen-bond acceptors (Lipinski definition) is 6. The van der Waals surface area contributed by atoms with Crippen LogP contribution in [0.1, 0.15) is 17.2 Å². The fraction of sp³-hybridized carbons (Fsp3) is 0.158. The van der Waals surface area contributed by atoms with Gasteiger partial charge in [-0.05, 0) is 29.3 Å². The van der Waals surface area contributed by atoms with E-state index in [4.69, 9.17) is 14.7 Å².